The van der Waals surface area contributed by atoms with E-state index in [2.05, 4.69) is 17.1 Å². The van der Waals surface area contributed by atoms with Gasteiger partial charge in [-0.2, -0.15) is 0 Å². The van der Waals surface area contributed by atoms with Crippen LogP contribution in [0.5, 0.6) is 5.75 Å². The molecule has 5 nitrogen and oxygen atoms in total. The van der Waals surface area contributed by atoms with Crippen LogP contribution in [0.25, 0.3) is 10.9 Å². The molecule has 0 aliphatic carbocycles. The van der Waals surface area contributed by atoms with Crippen molar-refractivity contribution in [2.24, 2.45) is 0 Å². The number of benzene rings is 1. The lowest BCUT2D eigenvalue weighted by Gasteiger charge is -2.27. The van der Waals surface area contributed by atoms with Gasteiger partial charge in [0, 0.05) is 54.7 Å². The minimum atomic E-state index is 0.244. The molecule has 0 spiro atoms. The Morgan fingerprint density at radius 2 is 2.38 bits per heavy atom. The Balaban J connectivity index is 1.48. The first-order valence-electron chi connectivity index (χ1n) is 8.81. The summed E-state index contributed by atoms with van der Waals surface area (Å²) in [5, 5.41) is 1.17. The summed E-state index contributed by atoms with van der Waals surface area (Å²) in [6.45, 7) is 2.33. The number of aromatic nitrogens is 1. The van der Waals surface area contributed by atoms with Crippen LogP contribution in [0, 0.1) is 0 Å². The third kappa shape index (κ3) is 2.88. The Kier molecular flexibility index (Phi) is 4.19. The molecule has 0 bridgehead atoms. The SMILES string of the molecule is COc1ccc2[nH]c3c(c2c1)CN(C(=O)CC[C@H]1CCCO1)CC3. The van der Waals surface area contributed by atoms with Gasteiger partial charge in [-0.05, 0) is 37.5 Å². The van der Waals surface area contributed by atoms with Crippen LogP contribution in [-0.2, 0) is 22.5 Å². The van der Waals surface area contributed by atoms with Gasteiger partial charge in [-0.1, -0.05) is 0 Å². The van der Waals surface area contributed by atoms with Crippen molar-refractivity contribution in [2.45, 2.75) is 44.8 Å². The van der Waals surface area contributed by atoms with Crippen molar-refractivity contribution in [1.82, 2.24) is 9.88 Å². The first kappa shape index (κ1) is 15.5. The molecule has 1 N–H and O–H groups in total. The lowest BCUT2D eigenvalue weighted by molar-refractivity contribution is -0.132. The largest absolute Gasteiger partial charge is 0.497 e. The van der Waals surface area contributed by atoms with E-state index in [0.717, 1.165) is 50.1 Å². The minimum Gasteiger partial charge on any atom is -0.497 e. The molecule has 2 aliphatic heterocycles. The molecular weight excluding hydrogens is 304 g/mol. The number of nitrogens with one attached hydrogen (secondary N) is 1. The van der Waals surface area contributed by atoms with Crippen molar-refractivity contribution in [3.05, 3.63) is 29.5 Å². The molecule has 2 aliphatic rings. The number of methoxy groups -OCH3 is 1. The average Bonchev–Trinajstić information content (AvgIpc) is 3.26. The highest BCUT2D eigenvalue weighted by molar-refractivity contribution is 5.87. The van der Waals surface area contributed by atoms with E-state index < -0.39 is 0 Å². The predicted molar refractivity (Wildman–Crippen MR) is 92.2 cm³/mol. The molecule has 1 amide bonds. The van der Waals surface area contributed by atoms with Crippen molar-refractivity contribution in [2.75, 3.05) is 20.3 Å². The number of hydrogen-bond acceptors (Lipinski definition) is 3. The standard InChI is InChI=1S/C19H24N2O3/c1-23-14-4-6-17-15(11-14)16-12-21(9-8-18(16)20-17)19(22)7-5-13-3-2-10-24-13/h4,6,11,13,20H,2-3,5,7-10,12H2,1H3/t13-/m1/s1. The molecule has 3 heterocycles. The maximum absolute atomic E-state index is 12.6. The summed E-state index contributed by atoms with van der Waals surface area (Å²) in [5.74, 6) is 1.10. The van der Waals surface area contributed by atoms with Crippen LogP contribution in [-0.4, -0.2) is 42.2 Å². The molecule has 0 saturated carbocycles. The molecule has 4 rings (SSSR count). The van der Waals surface area contributed by atoms with Gasteiger partial charge in [0.15, 0.2) is 0 Å². The van der Waals surface area contributed by atoms with Crippen molar-refractivity contribution in [1.29, 1.82) is 0 Å². The van der Waals surface area contributed by atoms with Crippen molar-refractivity contribution in [3.8, 4) is 5.75 Å². The van der Waals surface area contributed by atoms with Gasteiger partial charge in [0.25, 0.3) is 0 Å². The van der Waals surface area contributed by atoms with Crippen LogP contribution in [0.3, 0.4) is 0 Å². The number of fused-ring (bicyclic) bond motifs is 3. The normalized spacial score (nSPS) is 20.4. The second kappa shape index (κ2) is 6.48. The first-order chi connectivity index (χ1) is 11.7. The summed E-state index contributed by atoms with van der Waals surface area (Å²) in [6, 6.07) is 6.08. The van der Waals surface area contributed by atoms with Crippen molar-refractivity contribution >= 4 is 16.8 Å². The number of amides is 1. The zero-order valence-electron chi connectivity index (χ0n) is 14.1. The van der Waals surface area contributed by atoms with E-state index in [1.54, 1.807) is 7.11 Å². The Morgan fingerprint density at radius 3 is 3.17 bits per heavy atom. The van der Waals surface area contributed by atoms with E-state index in [9.17, 15) is 4.79 Å². The monoisotopic (exact) mass is 328 g/mol. The summed E-state index contributed by atoms with van der Waals surface area (Å²) in [5.41, 5.74) is 3.61. The van der Waals surface area contributed by atoms with Crippen LogP contribution >= 0.6 is 0 Å². The van der Waals surface area contributed by atoms with E-state index in [0.29, 0.717) is 13.0 Å². The fourth-order valence-corrected chi connectivity index (χ4v) is 3.85. The summed E-state index contributed by atoms with van der Waals surface area (Å²) in [4.78, 5) is 18.1. The van der Waals surface area contributed by atoms with Gasteiger partial charge < -0.3 is 19.4 Å². The maximum Gasteiger partial charge on any atom is 0.222 e. The van der Waals surface area contributed by atoms with Gasteiger partial charge in [0.1, 0.15) is 5.75 Å². The lowest BCUT2D eigenvalue weighted by atomic mass is 10.0. The van der Waals surface area contributed by atoms with Crippen LogP contribution in [0.4, 0.5) is 0 Å². The molecule has 1 aromatic heterocycles. The van der Waals surface area contributed by atoms with Crippen molar-refractivity contribution < 1.29 is 14.3 Å². The van der Waals surface area contributed by atoms with Gasteiger partial charge >= 0.3 is 0 Å². The van der Waals surface area contributed by atoms with E-state index in [1.165, 1.54) is 16.6 Å². The molecule has 24 heavy (non-hydrogen) atoms. The highest BCUT2D eigenvalue weighted by atomic mass is 16.5. The smallest absolute Gasteiger partial charge is 0.222 e. The Labute approximate surface area is 141 Å². The average molecular weight is 328 g/mol. The number of rotatable bonds is 4. The highest BCUT2D eigenvalue weighted by Crippen LogP contribution is 2.31. The summed E-state index contributed by atoms with van der Waals surface area (Å²) >= 11 is 0. The van der Waals surface area contributed by atoms with Crippen molar-refractivity contribution in [3.63, 3.8) is 0 Å². The minimum absolute atomic E-state index is 0.244. The van der Waals surface area contributed by atoms with E-state index in [1.807, 2.05) is 11.0 Å². The van der Waals surface area contributed by atoms with E-state index in [-0.39, 0.29) is 12.0 Å². The van der Waals surface area contributed by atoms with Gasteiger partial charge in [-0.3, -0.25) is 4.79 Å². The topological polar surface area (TPSA) is 54.6 Å². The molecule has 5 heteroatoms. The zero-order chi connectivity index (χ0) is 16.5. The first-order valence-corrected chi connectivity index (χ1v) is 8.81. The van der Waals surface area contributed by atoms with E-state index >= 15 is 0 Å². The molecule has 0 unspecified atom stereocenters. The molecular formula is C19H24N2O3. The molecule has 128 valence electrons. The maximum atomic E-state index is 12.6. The quantitative estimate of drug-likeness (QED) is 0.938. The molecule has 0 radical (unpaired) electrons. The van der Waals surface area contributed by atoms with Gasteiger partial charge in [-0.15, -0.1) is 0 Å². The zero-order valence-corrected chi connectivity index (χ0v) is 14.1. The number of ether oxygens (including phenoxy) is 2. The Hall–Kier alpha value is -2.01. The fraction of sp³-hybridized carbons (Fsp3) is 0.526. The summed E-state index contributed by atoms with van der Waals surface area (Å²) < 4.78 is 11.0. The van der Waals surface area contributed by atoms with Crippen LogP contribution in [0.2, 0.25) is 0 Å². The fourth-order valence-electron chi connectivity index (χ4n) is 3.85. The molecule has 2 aromatic rings. The molecule has 1 atom stereocenters. The second-order valence-electron chi connectivity index (χ2n) is 6.73. The van der Waals surface area contributed by atoms with Gasteiger partial charge in [0.05, 0.1) is 13.2 Å². The van der Waals surface area contributed by atoms with Crippen LogP contribution in [0.15, 0.2) is 18.2 Å². The predicted octanol–water partition coefficient (Wildman–Crippen LogP) is 3.02. The third-order valence-corrected chi connectivity index (χ3v) is 5.24. The third-order valence-electron chi connectivity index (χ3n) is 5.24. The molecule has 1 aromatic carbocycles. The van der Waals surface area contributed by atoms with Gasteiger partial charge in [0.2, 0.25) is 5.91 Å². The summed E-state index contributed by atoms with van der Waals surface area (Å²) in [6.07, 6.45) is 4.84. The van der Waals surface area contributed by atoms with Crippen LogP contribution < -0.4 is 4.74 Å². The number of hydrogen-bond donors (Lipinski definition) is 1. The van der Waals surface area contributed by atoms with Crippen LogP contribution in [0.1, 0.15) is 36.9 Å². The second-order valence-corrected chi connectivity index (χ2v) is 6.73. The van der Waals surface area contributed by atoms with Gasteiger partial charge in [-0.25, -0.2) is 0 Å². The Morgan fingerprint density at radius 1 is 1.46 bits per heavy atom. The number of nitrogens with zero attached hydrogens (tertiary/aromatic N) is 1. The number of H-pyrrole nitrogens is 1. The number of carbonyl (C=O) groups excluding carboxylic acids is 1. The highest BCUT2D eigenvalue weighted by Gasteiger charge is 2.25. The molecule has 1 fully saturated rings. The lowest BCUT2D eigenvalue weighted by Crippen LogP contribution is -2.36. The summed E-state index contributed by atoms with van der Waals surface area (Å²) in [7, 11) is 1.68. The number of aromatic amines is 1. The van der Waals surface area contributed by atoms with E-state index in [4.69, 9.17) is 9.47 Å². The number of carbonyl (C=O) groups is 1. The Bertz CT molecular complexity index is 746. The molecule has 1 saturated heterocycles.